The highest BCUT2D eigenvalue weighted by molar-refractivity contribution is 6.30. The van der Waals surface area contributed by atoms with E-state index in [9.17, 15) is 4.79 Å². The summed E-state index contributed by atoms with van der Waals surface area (Å²) in [7, 11) is 0. The molecule has 4 rings (SSSR count). The van der Waals surface area contributed by atoms with E-state index in [0.29, 0.717) is 5.92 Å². The van der Waals surface area contributed by atoms with Crippen LogP contribution in [0.15, 0.2) is 24.3 Å². The van der Waals surface area contributed by atoms with Gasteiger partial charge in [-0.15, -0.1) is 0 Å². The van der Waals surface area contributed by atoms with Gasteiger partial charge < -0.3 is 15.1 Å². The van der Waals surface area contributed by atoms with Gasteiger partial charge in [0.05, 0.1) is 0 Å². The summed E-state index contributed by atoms with van der Waals surface area (Å²) in [6, 6.07) is 8.14. The Morgan fingerprint density at radius 3 is 2.42 bits per heavy atom. The lowest BCUT2D eigenvalue weighted by molar-refractivity contribution is 0.135. The van der Waals surface area contributed by atoms with Crippen LogP contribution in [0.2, 0.25) is 5.02 Å². The molecule has 6 heteroatoms. The van der Waals surface area contributed by atoms with Crippen molar-refractivity contribution in [1.29, 1.82) is 0 Å². The highest BCUT2D eigenvalue weighted by Crippen LogP contribution is 2.30. The standard InChI is InChI=1S/C20H29ClN4O/c21-18-3-5-19(6-4-18)25-8-7-17(15-25)13-22-20(26)24-11-9-23(10-12-24)14-16-1-2-16/h3-6,16-17H,1-2,7-15H2,(H,22,26)/t17-/m1/s1. The molecule has 0 unspecified atom stereocenters. The minimum absolute atomic E-state index is 0.112. The van der Waals surface area contributed by atoms with Gasteiger partial charge in [0.15, 0.2) is 0 Å². The van der Waals surface area contributed by atoms with E-state index in [4.69, 9.17) is 11.6 Å². The maximum absolute atomic E-state index is 12.5. The van der Waals surface area contributed by atoms with Crippen molar-refractivity contribution >= 4 is 23.3 Å². The third-order valence-corrected chi connectivity index (χ3v) is 6.14. The van der Waals surface area contributed by atoms with Gasteiger partial charge in [-0.05, 0) is 55.4 Å². The molecule has 3 aliphatic rings. The smallest absolute Gasteiger partial charge is 0.317 e. The molecule has 2 amide bonds. The van der Waals surface area contributed by atoms with Gasteiger partial charge >= 0.3 is 6.03 Å². The maximum Gasteiger partial charge on any atom is 0.317 e. The van der Waals surface area contributed by atoms with E-state index >= 15 is 0 Å². The number of halogens is 1. The van der Waals surface area contributed by atoms with E-state index in [1.54, 1.807) is 0 Å². The number of amides is 2. The van der Waals surface area contributed by atoms with Crippen LogP contribution < -0.4 is 10.2 Å². The lowest BCUT2D eigenvalue weighted by Gasteiger charge is -2.35. The van der Waals surface area contributed by atoms with Crippen LogP contribution in [-0.2, 0) is 0 Å². The highest BCUT2D eigenvalue weighted by Gasteiger charge is 2.28. The Morgan fingerprint density at radius 2 is 1.73 bits per heavy atom. The molecule has 0 aromatic heterocycles. The monoisotopic (exact) mass is 376 g/mol. The number of nitrogens with one attached hydrogen (secondary N) is 1. The second-order valence-corrected chi connectivity index (χ2v) is 8.43. The zero-order chi connectivity index (χ0) is 17.9. The van der Waals surface area contributed by atoms with Crippen molar-refractivity contribution in [3.63, 3.8) is 0 Å². The molecule has 5 nitrogen and oxygen atoms in total. The topological polar surface area (TPSA) is 38.8 Å². The molecule has 1 aromatic carbocycles. The summed E-state index contributed by atoms with van der Waals surface area (Å²) in [4.78, 5) is 19.3. The number of benzene rings is 1. The first kappa shape index (κ1) is 17.9. The van der Waals surface area contributed by atoms with E-state index in [2.05, 4.69) is 27.2 Å². The first-order chi connectivity index (χ1) is 12.7. The number of hydrogen-bond acceptors (Lipinski definition) is 3. The molecule has 1 N–H and O–H groups in total. The molecule has 26 heavy (non-hydrogen) atoms. The number of anilines is 1. The minimum atomic E-state index is 0.112. The Bertz CT molecular complexity index is 611. The normalized spacial score (nSPS) is 24.1. The van der Waals surface area contributed by atoms with Crippen LogP contribution >= 0.6 is 11.6 Å². The van der Waals surface area contributed by atoms with Crippen molar-refractivity contribution in [2.45, 2.75) is 19.3 Å². The molecule has 1 aliphatic carbocycles. The summed E-state index contributed by atoms with van der Waals surface area (Å²) in [5.74, 6) is 1.45. The van der Waals surface area contributed by atoms with Gasteiger partial charge in [-0.2, -0.15) is 0 Å². The lowest BCUT2D eigenvalue weighted by Crippen LogP contribution is -2.52. The predicted molar refractivity (Wildman–Crippen MR) is 106 cm³/mol. The van der Waals surface area contributed by atoms with E-state index < -0.39 is 0 Å². The largest absolute Gasteiger partial charge is 0.371 e. The number of carbonyl (C=O) groups excluding carboxylic acids is 1. The van der Waals surface area contributed by atoms with E-state index in [1.807, 2.05) is 17.0 Å². The molecule has 0 radical (unpaired) electrons. The SMILES string of the molecule is O=C(NC[C@H]1CCN(c2ccc(Cl)cc2)C1)N1CCN(CC2CC2)CC1. The maximum atomic E-state index is 12.5. The van der Waals surface area contributed by atoms with Crippen LogP contribution in [0.5, 0.6) is 0 Å². The predicted octanol–water partition coefficient (Wildman–Crippen LogP) is 2.90. The Hall–Kier alpha value is -1.46. The summed E-state index contributed by atoms with van der Waals surface area (Å²) in [6.45, 7) is 7.82. The van der Waals surface area contributed by atoms with Gasteiger partial charge in [-0.3, -0.25) is 4.90 Å². The zero-order valence-corrected chi connectivity index (χ0v) is 16.1. The summed E-state index contributed by atoms with van der Waals surface area (Å²) < 4.78 is 0. The van der Waals surface area contributed by atoms with E-state index in [-0.39, 0.29) is 6.03 Å². The molecule has 0 spiro atoms. The molecule has 1 atom stereocenters. The van der Waals surface area contributed by atoms with Crippen LogP contribution in [-0.4, -0.2) is 68.2 Å². The van der Waals surface area contributed by atoms with Crippen molar-refractivity contribution in [2.75, 3.05) is 57.3 Å². The molecular weight excluding hydrogens is 348 g/mol. The molecule has 2 aliphatic heterocycles. The number of rotatable bonds is 5. The number of piperazine rings is 1. The Kier molecular flexibility index (Phi) is 5.55. The van der Waals surface area contributed by atoms with Gasteiger partial charge in [0.1, 0.15) is 0 Å². The van der Waals surface area contributed by atoms with Crippen molar-refractivity contribution in [3.05, 3.63) is 29.3 Å². The Balaban J connectivity index is 1.17. The number of hydrogen-bond donors (Lipinski definition) is 1. The average Bonchev–Trinajstić information content (AvgIpc) is 3.35. The third kappa shape index (κ3) is 4.63. The molecule has 2 heterocycles. The summed E-state index contributed by atoms with van der Waals surface area (Å²) in [6.07, 6.45) is 3.92. The summed E-state index contributed by atoms with van der Waals surface area (Å²) >= 11 is 5.97. The zero-order valence-electron chi connectivity index (χ0n) is 15.4. The number of carbonyl (C=O) groups is 1. The van der Waals surface area contributed by atoms with Crippen LogP contribution in [0.4, 0.5) is 10.5 Å². The van der Waals surface area contributed by atoms with E-state index in [1.165, 1.54) is 25.1 Å². The minimum Gasteiger partial charge on any atom is -0.371 e. The van der Waals surface area contributed by atoms with Gasteiger partial charge in [0.2, 0.25) is 0 Å². The fraction of sp³-hybridized carbons (Fsp3) is 0.650. The van der Waals surface area contributed by atoms with Crippen LogP contribution in [0.3, 0.4) is 0 Å². The number of nitrogens with zero attached hydrogens (tertiary/aromatic N) is 3. The molecule has 0 bridgehead atoms. The van der Waals surface area contributed by atoms with Crippen LogP contribution in [0, 0.1) is 11.8 Å². The molecule has 2 saturated heterocycles. The van der Waals surface area contributed by atoms with Gasteiger partial charge in [-0.25, -0.2) is 4.79 Å². The van der Waals surface area contributed by atoms with Crippen molar-refractivity contribution in [2.24, 2.45) is 11.8 Å². The summed E-state index contributed by atoms with van der Waals surface area (Å²) in [5.41, 5.74) is 1.22. The van der Waals surface area contributed by atoms with Crippen LogP contribution in [0.1, 0.15) is 19.3 Å². The first-order valence-corrected chi connectivity index (χ1v) is 10.3. The lowest BCUT2D eigenvalue weighted by atomic mass is 10.1. The molecule has 3 fully saturated rings. The van der Waals surface area contributed by atoms with Gasteiger partial charge in [0.25, 0.3) is 0 Å². The molecule has 142 valence electrons. The average molecular weight is 377 g/mol. The van der Waals surface area contributed by atoms with Crippen molar-refractivity contribution in [1.82, 2.24) is 15.1 Å². The van der Waals surface area contributed by atoms with Crippen LogP contribution in [0.25, 0.3) is 0 Å². The van der Waals surface area contributed by atoms with Gasteiger partial charge in [-0.1, -0.05) is 11.6 Å². The molecule has 1 saturated carbocycles. The Morgan fingerprint density at radius 1 is 1.00 bits per heavy atom. The second-order valence-electron chi connectivity index (χ2n) is 7.99. The highest BCUT2D eigenvalue weighted by atomic mass is 35.5. The third-order valence-electron chi connectivity index (χ3n) is 5.89. The molecule has 1 aromatic rings. The quantitative estimate of drug-likeness (QED) is 0.858. The van der Waals surface area contributed by atoms with E-state index in [0.717, 1.165) is 63.2 Å². The molecular formula is C20H29ClN4O. The number of urea groups is 1. The Labute approximate surface area is 161 Å². The first-order valence-electron chi connectivity index (χ1n) is 9.93. The second kappa shape index (κ2) is 8.05. The summed E-state index contributed by atoms with van der Waals surface area (Å²) in [5, 5.41) is 3.94. The fourth-order valence-corrected chi connectivity index (χ4v) is 4.15. The fourth-order valence-electron chi connectivity index (χ4n) is 4.03. The van der Waals surface area contributed by atoms with Gasteiger partial charge in [0, 0.05) is 63.1 Å². The van der Waals surface area contributed by atoms with Crippen molar-refractivity contribution < 1.29 is 4.79 Å². The van der Waals surface area contributed by atoms with Crippen molar-refractivity contribution in [3.8, 4) is 0 Å².